The highest BCUT2D eigenvalue weighted by Crippen LogP contribution is 2.34. The predicted molar refractivity (Wildman–Crippen MR) is 116 cm³/mol. The molecule has 2 heterocycles. The van der Waals surface area contributed by atoms with Crippen molar-refractivity contribution in [1.82, 2.24) is 20.1 Å². The lowest BCUT2D eigenvalue weighted by Gasteiger charge is -2.14. The molecule has 1 aliphatic rings. The first-order valence-corrected chi connectivity index (χ1v) is 10.0. The Bertz CT molecular complexity index is 1120. The van der Waals surface area contributed by atoms with Crippen molar-refractivity contribution >= 4 is 11.6 Å². The van der Waals surface area contributed by atoms with Crippen LogP contribution >= 0.6 is 0 Å². The van der Waals surface area contributed by atoms with Crippen molar-refractivity contribution in [2.75, 3.05) is 13.7 Å². The fourth-order valence-corrected chi connectivity index (χ4v) is 3.73. The minimum Gasteiger partial charge on any atom is -0.497 e. The Hall–Kier alpha value is -3.48. The molecule has 3 aromatic rings. The molecule has 7 nitrogen and oxygen atoms in total. The molecule has 1 amide bonds. The van der Waals surface area contributed by atoms with Gasteiger partial charge in [-0.3, -0.25) is 14.4 Å². The smallest absolute Gasteiger partial charge is 0.222 e. The predicted octanol–water partition coefficient (Wildman–Crippen LogP) is 3.31. The molecule has 154 valence electrons. The second-order valence-electron chi connectivity index (χ2n) is 7.34. The number of nitrogens with zero attached hydrogens (tertiary/aromatic N) is 4. The number of carbonyl (C=O) groups is 1. The zero-order valence-corrected chi connectivity index (χ0v) is 17.6. The highest BCUT2D eigenvalue weighted by atomic mass is 16.5. The molecular weight excluding hydrogens is 378 g/mol. The van der Waals surface area contributed by atoms with Crippen molar-refractivity contribution < 1.29 is 9.53 Å². The molecule has 0 saturated carbocycles. The van der Waals surface area contributed by atoms with Crippen molar-refractivity contribution in [3.05, 3.63) is 70.8 Å². The number of rotatable bonds is 5. The molecule has 0 spiro atoms. The zero-order valence-electron chi connectivity index (χ0n) is 17.6. The fraction of sp³-hybridized carbons (Fsp3) is 0.304. The van der Waals surface area contributed by atoms with E-state index in [4.69, 9.17) is 9.73 Å². The van der Waals surface area contributed by atoms with Gasteiger partial charge in [0, 0.05) is 17.7 Å². The van der Waals surface area contributed by atoms with E-state index in [-0.39, 0.29) is 12.3 Å². The average Bonchev–Trinajstić information content (AvgIpc) is 3.06. The van der Waals surface area contributed by atoms with Crippen LogP contribution in [0.15, 0.2) is 47.5 Å². The number of ether oxygens (including phenoxy) is 1. The van der Waals surface area contributed by atoms with E-state index in [1.807, 2.05) is 36.6 Å². The molecule has 1 atom stereocenters. The summed E-state index contributed by atoms with van der Waals surface area (Å²) < 4.78 is 7.48. The lowest BCUT2D eigenvalue weighted by Crippen LogP contribution is -2.25. The van der Waals surface area contributed by atoms with E-state index in [1.54, 1.807) is 7.11 Å². The number of aromatic nitrogens is 3. The van der Waals surface area contributed by atoms with Crippen LogP contribution in [0.4, 0.5) is 0 Å². The summed E-state index contributed by atoms with van der Waals surface area (Å²) in [5.41, 5.74) is 4.80. The number of aliphatic imine (C=N–C) groups is 1. The highest BCUT2D eigenvalue weighted by molar-refractivity contribution is 6.15. The number of fused-ring (bicyclic) bond motifs is 3. The van der Waals surface area contributed by atoms with Crippen molar-refractivity contribution in [2.45, 2.75) is 33.2 Å². The van der Waals surface area contributed by atoms with Crippen molar-refractivity contribution in [1.29, 1.82) is 0 Å². The van der Waals surface area contributed by atoms with Crippen LogP contribution in [0.2, 0.25) is 0 Å². The van der Waals surface area contributed by atoms with Crippen LogP contribution in [-0.2, 0) is 4.79 Å². The maximum absolute atomic E-state index is 12.4. The summed E-state index contributed by atoms with van der Waals surface area (Å²) in [5, 5.41) is 11.5. The minimum atomic E-state index is -0.451. The molecule has 1 N–H and O–H groups in total. The average molecular weight is 403 g/mol. The van der Waals surface area contributed by atoms with Crippen LogP contribution in [0.5, 0.6) is 5.75 Å². The summed E-state index contributed by atoms with van der Waals surface area (Å²) in [7, 11) is 1.65. The van der Waals surface area contributed by atoms with E-state index >= 15 is 0 Å². The van der Waals surface area contributed by atoms with Gasteiger partial charge in [-0.15, -0.1) is 10.2 Å². The van der Waals surface area contributed by atoms with Crippen molar-refractivity contribution in [2.24, 2.45) is 4.99 Å². The molecule has 0 bridgehead atoms. The highest BCUT2D eigenvalue weighted by Gasteiger charge is 2.29. The van der Waals surface area contributed by atoms with Gasteiger partial charge < -0.3 is 10.1 Å². The summed E-state index contributed by atoms with van der Waals surface area (Å²) in [5.74, 6) is 2.08. The van der Waals surface area contributed by atoms with E-state index in [0.717, 1.165) is 34.1 Å². The standard InChI is InChI=1S/C23H25N5O2/c1-5-24-21(29)13-19-23-27-26-15(3)28(23)20-11-10-17(30-4)12-18(20)22(25-19)16-8-6-14(2)7-9-16/h6-12,19H,5,13H2,1-4H3,(H,24,29)/t19-/m1/s1. The number of benzene rings is 2. The van der Waals surface area contributed by atoms with Gasteiger partial charge in [-0.2, -0.15) is 0 Å². The first kappa shape index (κ1) is 19.8. The quantitative estimate of drug-likeness (QED) is 0.709. The number of aryl methyl sites for hydroxylation is 2. The molecule has 2 aromatic carbocycles. The summed E-state index contributed by atoms with van der Waals surface area (Å²) in [4.78, 5) is 17.5. The third-order valence-electron chi connectivity index (χ3n) is 5.21. The van der Waals surface area contributed by atoms with Crippen LogP contribution in [0, 0.1) is 13.8 Å². The first-order valence-electron chi connectivity index (χ1n) is 10.0. The van der Waals surface area contributed by atoms with Crippen molar-refractivity contribution in [3.63, 3.8) is 0 Å². The van der Waals surface area contributed by atoms with Crippen LogP contribution in [0.3, 0.4) is 0 Å². The summed E-state index contributed by atoms with van der Waals surface area (Å²) in [6, 6.07) is 13.7. The Morgan fingerprint density at radius 1 is 1.13 bits per heavy atom. The normalized spacial score (nSPS) is 14.9. The largest absolute Gasteiger partial charge is 0.497 e. The zero-order chi connectivity index (χ0) is 21.3. The second kappa shape index (κ2) is 8.10. The summed E-state index contributed by atoms with van der Waals surface area (Å²) in [6.07, 6.45) is 0.201. The van der Waals surface area contributed by atoms with Gasteiger partial charge in [0.15, 0.2) is 5.82 Å². The molecular formula is C23H25N5O2. The number of carbonyl (C=O) groups excluding carboxylic acids is 1. The lowest BCUT2D eigenvalue weighted by molar-refractivity contribution is -0.121. The van der Waals surface area contributed by atoms with Gasteiger partial charge in [-0.05, 0) is 39.0 Å². The van der Waals surface area contributed by atoms with Crippen LogP contribution in [-0.4, -0.2) is 40.0 Å². The number of amides is 1. The van der Waals surface area contributed by atoms with Gasteiger partial charge in [-0.25, -0.2) is 0 Å². The van der Waals surface area contributed by atoms with E-state index in [0.29, 0.717) is 12.4 Å². The Morgan fingerprint density at radius 3 is 2.60 bits per heavy atom. The molecule has 0 aliphatic carbocycles. The molecule has 0 saturated heterocycles. The Labute approximate surface area is 175 Å². The fourth-order valence-electron chi connectivity index (χ4n) is 3.73. The number of hydrogen-bond acceptors (Lipinski definition) is 5. The Kier molecular flexibility index (Phi) is 5.35. The van der Waals surface area contributed by atoms with Gasteiger partial charge in [0.1, 0.15) is 17.6 Å². The van der Waals surface area contributed by atoms with Crippen LogP contribution in [0.25, 0.3) is 5.69 Å². The summed E-state index contributed by atoms with van der Waals surface area (Å²) in [6.45, 7) is 6.44. The molecule has 7 heteroatoms. The van der Waals surface area contributed by atoms with E-state index in [2.05, 4.69) is 46.7 Å². The third kappa shape index (κ3) is 3.58. The van der Waals surface area contributed by atoms with Crippen LogP contribution < -0.4 is 10.1 Å². The molecule has 0 radical (unpaired) electrons. The van der Waals surface area contributed by atoms with Gasteiger partial charge in [0.05, 0.1) is 24.9 Å². The monoisotopic (exact) mass is 403 g/mol. The van der Waals surface area contributed by atoms with E-state index in [9.17, 15) is 4.79 Å². The van der Waals surface area contributed by atoms with Gasteiger partial charge in [0.25, 0.3) is 0 Å². The maximum atomic E-state index is 12.4. The Morgan fingerprint density at radius 2 is 1.90 bits per heavy atom. The van der Waals surface area contributed by atoms with E-state index < -0.39 is 6.04 Å². The molecule has 0 fully saturated rings. The van der Waals surface area contributed by atoms with Crippen molar-refractivity contribution in [3.8, 4) is 11.4 Å². The van der Waals surface area contributed by atoms with Crippen LogP contribution in [0.1, 0.15) is 47.7 Å². The molecule has 0 unspecified atom stereocenters. The number of methoxy groups -OCH3 is 1. The van der Waals surface area contributed by atoms with E-state index in [1.165, 1.54) is 5.56 Å². The lowest BCUT2D eigenvalue weighted by atomic mass is 9.99. The van der Waals surface area contributed by atoms with Gasteiger partial charge in [0.2, 0.25) is 5.91 Å². The second-order valence-corrected chi connectivity index (χ2v) is 7.34. The maximum Gasteiger partial charge on any atom is 0.222 e. The minimum absolute atomic E-state index is 0.0646. The third-order valence-corrected chi connectivity index (χ3v) is 5.21. The summed E-state index contributed by atoms with van der Waals surface area (Å²) >= 11 is 0. The number of hydrogen-bond donors (Lipinski definition) is 1. The molecule has 30 heavy (non-hydrogen) atoms. The first-order chi connectivity index (χ1) is 14.5. The SMILES string of the molecule is CCNC(=O)C[C@H]1N=C(c2ccc(C)cc2)c2cc(OC)ccc2-n2c(C)nnc21. The number of nitrogens with one attached hydrogen (secondary N) is 1. The molecule has 1 aromatic heterocycles. The topological polar surface area (TPSA) is 81.4 Å². The molecule has 4 rings (SSSR count). The Balaban J connectivity index is 1.96. The van der Waals surface area contributed by atoms with Gasteiger partial charge in [-0.1, -0.05) is 29.8 Å². The van der Waals surface area contributed by atoms with Gasteiger partial charge >= 0.3 is 0 Å². The molecule has 1 aliphatic heterocycles.